The van der Waals surface area contributed by atoms with Gasteiger partial charge in [0.1, 0.15) is 24.6 Å². The van der Waals surface area contributed by atoms with Crippen LogP contribution in [0.1, 0.15) is 26.5 Å². The maximum atomic E-state index is 11.7. The molecule has 12 heteroatoms. The third-order valence-corrected chi connectivity index (χ3v) is 5.72. The van der Waals surface area contributed by atoms with Crippen molar-refractivity contribution in [3.8, 4) is 0 Å². The van der Waals surface area contributed by atoms with Gasteiger partial charge in [0.2, 0.25) is 0 Å². The first kappa shape index (κ1) is 20.4. The van der Waals surface area contributed by atoms with Gasteiger partial charge in [-0.25, -0.2) is 19.7 Å². The SMILES string of the molecule is CNC(=O)NCC1OC(n2cnc3c(NC4CCOC4)ncnc32)C2OC(C)(C)OC12. The second-order valence-corrected chi connectivity index (χ2v) is 8.34. The lowest BCUT2D eigenvalue weighted by molar-refractivity contribution is -0.195. The third kappa shape index (κ3) is 3.80. The van der Waals surface area contributed by atoms with Crippen molar-refractivity contribution in [2.45, 2.75) is 56.6 Å². The van der Waals surface area contributed by atoms with E-state index in [1.165, 1.54) is 6.33 Å². The fourth-order valence-electron chi connectivity index (χ4n) is 4.31. The molecule has 0 aromatic carbocycles. The molecule has 3 aliphatic heterocycles. The number of fused-ring (bicyclic) bond motifs is 2. The number of ether oxygens (including phenoxy) is 4. The summed E-state index contributed by atoms with van der Waals surface area (Å²) < 4.78 is 25.8. The van der Waals surface area contributed by atoms with E-state index in [4.69, 9.17) is 18.9 Å². The molecule has 5 atom stereocenters. The molecule has 3 aliphatic rings. The summed E-state index contributed by atoms with van der Waals surface area (Å²) in [5.41, 5.74) is 1.29. The van der Waals surface area contributed by atoms with Crippen molar-refractivity contribution in [2.75, 3.05) is 32.1 Å². The number of amides is 2. The number of hydrogen-bond acceptors (Lipinski definition) is 9. The smallest absolute Gasteiger partial charge is 0.314 e. The molecule has 0 bridgehead atoms. The van der Waals surface area contributed by atoms with Gasteiger partial charge in [-0.1, -0.05) is 0 Å². The number of nitrogens with zero attached hydrogens (tertiary/aromatic N) is 4. The van der Waals surface area contributed by atoms with Gasteiger partial charge < -0.3 is 34.9 Å². The Morgan fingerprint density at radius 2 is 2.10 bits per heavy atom. The van der Waals surface area contributed by atoms with Gasteiger partial charge in [0.05, 0.1) is 19.0 Å². The Morgan fingerprint density at radius 1 is 1.26 bits per heavy atom. The van der Waals surface area contributed by atoms with E-state index in [1.807, 2.05) is 18.4 Å². The largest absolute Gasteiger partial charge is 0.379 e. The monoisotopic (exact) mass is 433 g/mol. The summed E-state index contributed by atoms with van der Waals surface area (Å²) in [6.45, 7) is 5.39. The second-order valence-electron chi connectivity index (χ2n) is 8.34. The summed E-state index contributed by atoms with van der Waals surface area (Å²) in [7, 11) is 1.56. The van der Waals surface area contributed by atoms with Crippen molar-refractivity contribution in [2.24, 2.45) is 0 Å². The van der Waals surface area contributed by atoms with Gasteiger partial charge in [0.15, 0.2) is 29.0 Å². The van der Waals surface area contributed by atoms with Gasteiger partial charge in [0, 0.05) is 20.2 Å². The predicted molar refractivity (Wildman–Crippen MR) is 108 cm³/mol. The number of carbonyl (C=O) groups is 1. The molecular formula is C19H27N7O5. The van der Waals surface area contributed by atoms with E-state index in [2.05, 4.69) is 30.9 Å². The molecule has 2 amide bonds. The van der Waals surface area contributed by atoms with Crippen LogP contribution in [0.4, 0.5) is 10.6 Å². The minimum atomic E-state index is -0.761. The summed E-state index contributed by atoms with van der Waals surface area (Å²) in [6, 6.07) is -0.0860. The second kappa shape index (κ2) is 7.86. The molecule has 5 unspecified atom stereocenters. The van der Waals surface area contributed by atoms with E-state index >= 15 is 0 Å². The lowest BCUT2D eigenvalue weighted by atomic mass is 10.1. The molecule has 3 saturated heterocycles. The molecule has 0 aliphatic carbocycles. The maximum Gasteiger partial charge on any atom is 0.314 e. The number of carbonyl (C=O) groups excluding carboxylic acids is 1. The van der Waals surface area contributed by atoms with Crippen LogP contribution < -0.4 is 16.0 Å². The zero-order valence-electron chi connectivity index (χ0n) is 17.7. The first-order chi connectivity index (χ1) is 14.9. The molecule has 168 valence electrons. The minimum Gasteiger partial charge on any atom is -0.379 e. The van der Waals surface area contributed by atoms with Gasteiger partial charge in [-0.15, -0.1) is 0 Å². The Labute approximate surface area is 179 Å². The summed E-state index contributed by atoms with van der Waals surface area (Å²) in [6.07, 6.45) is 2.49. The number of rotatable bonds is 5. The lowest BCUT2D eigenvalue weighted by Gasteiger charge is -2.24. The first-order valence-electron chi connectivity index (χ1n) is 10.4. The average Bonchev–Trinajstić information content (AvgIpc) is 3.51. The van der Waals surface area contributed by atoms with E-state index in [1.54, 1.807) is 13.4 Å². The number of nitrogens with one attached hydrogen (secondary N) is 3. The number of urea groups is 1. The molecule has 31 heavy (non-hydrogen) atoms. The summed E-state index contributed by atoms with van der Waals surface area (Å²) in [5, 5.41) is 8.71. The zero-order chi connectivity index (χ0) is 21.6. The molecule has 0 spiro atoms. The average molecular weight is 433 g/mol. The maximum absolute atomic E-state index is 11.7. The van der Waals surface area contributed by atoms with Crippen molar-refractivity contribution in [1.82, 2.24) is 30.2 Å². The van der Waals surface area contributed by atoms with Crippen molar-refractivity contribution in [1.29, 1.82) is 0 Å². The van der Waals surface area contributed by atoms with Crippen LogP contribution in [0.25, 0.3) is 11.2 Å². The third-order valence-electron chi connectivity index (χ3n) is 5.72. The first-order valence-corrected chi connectivity index (χ1v) is 10.4. The van der Waals surface area contributed by atoms with Gasteiger partial charge in [-0.05, 0) is 20.3 Å². The Morgan fingerprint density at radius 3 is 2.87 bits per heavy atom. The van der Waals surface area contributed by atoms with Crippen LogP contribution in [0.5, 0.6) is 0 Å². The molecule has 12 nitrogen and oxygen atoms in total. The Kier molecular flexibility index (Phi) is 5.16. The molecule has 0 saturated carbocycles. The fourth-order valence-corrected chi connectivity index (χ4v) is 4.31. The van der Waals surface area contributed by atoms with Crippen molar-refractivity contribution in [3.63, 3.8) is 0 Å². The van der Waals surface area contributed by atoms with Gasteiger partial charge in [-0.3, -0.25) is 4.57 Å². The van der Waals surface area contributed by atoms with E-state index in [0.29, 0.717) is 23.6 Å². The highest BCUT2D eigenvalue weighted by atomic mass is 16.8. The molecule has 0 radical (unpaired) electrons. The summed E-state index contributed by atoms with van der Waals surface area (Å²) in [4.78, 5) is 25.0. The standard InChI is InChI=1S/C19H27N7O5/c1-19(2)30-13-11(6-21-18(27)20-3)29-17(14(13)31-19)26-9-24-12-15(22-8-23-16(12)26)25-10-4-5-28-7-10/h8-11,13-14,17H,4-7H2,1-3H3,(H2,20,21,27)(H,22,23,25). The normalized spacial score (nSPS) is 31.6. The molecule has 2 aromatic heterocycles. The van der Waals surface area contributed by atoms with E-state index in [-0.39, 0.29) is 36.9 Å². The Bertz CT molecular complexity index is 960. The van der Waals surface area contributed by atoms with Gasteiger partial charge >= 0.3 is 6.03 Å². The van der Waals surface area contributed by atoms with Crippen LogP contribution in [-0.4, -0.2) is 82.5 Å². The van der Waals surface area contributed by atoms with Gasteiger partial charge in [-0.2, -0.15) is 0 Å². The van der Waals surface area contributed by atoms with Crippen molar-refractivity contribution < 1.29 is 23.7 Å². The highest BCUT2D eigenvalue weighted by Gasteiger charge is 2.56. The van der Waals surface area contributed by atoms with Crippen LogP contribution in [0.2, 0.25) is 0 Å². The molecular weight excluding hydrogens is 406 g/mol. The highest BCUT2D eigenvalue weighted by Crippen LogP contribution is 2.43. The molecule has 3 N–H and O–H groups in total. The number of imidazole rings is 1. The number of anilines is 1. The van der Waals surface area contributed by atoms with E-state index < -0.39 is 12.0 Å². The van der Waals surface area contributed by atoms with Gasteiger partial charge in [0.25, 0.3) is 0 Å². The number of aromatic nitrogens is 4. The lowest BCUT2D eigenvalue weighted by Crippen LogP contribution is -2.42. The Balaban J connectivity index is 1.42. The summed E-state index contributed by atoms with van der Waals surface area (Å²) >= 11 is 0. The van der Waals surface area contributed by atoms with Crippen LogP contribution in [0, 0.1) is 0 Å². The molecule has 5 heterocycles. The van der Waals surface area contributed by atoms with Crippen LogP contribution >= 0.6 is 0 Å². The fraction of sp³-hybridized carbons (Fsp3) is 0.684. The predicted octanol–water partition coefficient (Wildman–Crippen LogP) is 0.374. The molecule has 2 aromatic rings. The quantitative estimate of drug-likeness (QED) is 0.611. The Hall–Kier alpha value is -2.54. The van der Waals surface area contributed by atoms with Crippen molar-refractivity contribution in [3.05, 3.63) is 12.7 Å². The van der Waals surface area contributed by atoms with E-state index in [9.17, 15) is 4.79 Å². The van der Waals surface area contributed by atoms with Crippen LogP contribution in [-0.2, 0) is 18.9 Å². The van der Waals surface area contributed by atoms with Crippen LogP contribution in [0.15, 0.2) is 12.7 Å². The molecule has 5 rings (SSSR count). The van der Waals surface area contributed by atoms with E-state index in [0.717, 1.165) is 13.0 Å². The van der Waals surface area contributed by atoms with Crippen molar-refractivity contribution >= 4 is 23.0 Å². The zero-order valence-corrected chi connectivity index (χ0v) is 17.7. The highest BCUT2D eigenvalue weighted by molar-refractivity contribution is 5.82. The number of hydrogen-bond donors (Lipinski definition) is 3. The molecule has 3 fully saturated rings. The topological polar surface area (TPSA) is 134 Å². The summed E-state index contributed by atoms with van der Waals surface area (Å²) in [5.74, 6) is -0.0982. The minimum absolute atomic E-state index is 0.197. The van der Waals surface area contributed by atoms with Crippen LogP contribution in [0.3, 0.4) is 0 Å².